The van der Waals surface area contributed by atoms with Gasteiger partial charge in [-0.3, -0.25) is 9.67 Å². The zero-order valence-corrected chi connectivity index (χ0v) is 14.4. The molecule has 2 aromatic heterocycles. The molecular formula is C17H26N6O. The molecule has 2 fully saturated rings. The van der Waals surface area contributed by atoms with Gasteiger partial charge in [-0.25, -0.2) is 0 Å². The average molecular weight is 330 g/mol. The Bertz CT molecular complexity index is 668. The molecule has 1 aliphatic carbocycles. The lowest BCUT2D eigenvalue weighted by Gasteiger charge is -2.30. The molecule has 1 N–H and O–H groups in total. The number of morpholine rings is 1. The zero-order valence-electron chi connectivity index (χ0n) is 14.4. The molecule has 4 rings (SSSR count). The van der Waals surface area contributed by atoms with Gasteiger partial charge in [-0.1, -0.05) is 6.42 Å². The van der Waals surface area contributed by atoms with Crippen molar-refractivity contribution in [2.24, 2.45) is 0 Å². The van der Waals surface area contributed by atoms with Gasteiger partial charge in [-0.05, 0) is 38.2 Å². The third kappa shape index (κ3) is 3.05. The van der Waals surface area contributed by atoms with Crippen LogP contribution < -0.4 is 4.90 Å². The maximum Gasteiger partial charge on any atom is 0.227 e. The molecular weight excluding hydrogens is 304 g/mol. The van der Waals surface area contributed by atoms with Gasteiger partial charge >= 0.3 is 0 Å². The van der Waals surface area contributed by atoms with E-state index >= 15 is 0 Å². The predicted molar refractivity (Wildman–Crippen MR) is 91.3 cm³/mol. The summed E-state index contributed by atoms with van der Waals surface area (Å²) in [5, 5.41) is 16.2. The molecule has 130 valence electrons. The van der Waals surface area contributed by atoms with Crippen LogP contribution in [-0.4, -0.2) is 51.3 Å². The van der Waals surface area contributed by atoms with Gasteiger partial charge in [0.2, 0.25) is 5.95 Å². The van der Waals surface area contributed by atoms with E-state index in [1.54, 1.807) is 0 Å². The van der Waals surface area contributed by atoms with Crippen LogP contribution in [0.25, 0.3) is 0 Å². The van der Waals surface area contributed by atoms with Crippen LogP contribution in [0.1, 0.15) is 48.7 Å². The second-order valence-corrected chi connectivity index (χ2v) is 6.86. The number of aromatic amines is 1. The first-order valence-electron chi connectivity index (χ1n) is 9.07. The number of nitrogens with one attached hydrogen (secondary N) is 1. The maximum absolute atomic E-state index is 5.48. The summed E-state index contributed by atoms with van der Waals surface area (Å²) in [4.78, 5) is 2.32. The Morgan fingerprint density at radius 1 is 1.25 bits per heavy atom. The molecule has 2 aliphatic rings. The predicted octanol–water partition coefficient (Wildman–Crippen LogP) is 2.05. The molecule has 0 bridgehead atoms. The van der Waals surface area contributed by atoms with E-state index in [1.807, 2.05) is 6.20 Å². The number of aryl methyl sites for hydroxylation is 2. The molecule has 1 saturated heterocycles. The van der Waals surface area contributed by atoms with Crippen LogP contribution in [-0.2, 0) is 17.7 Å². The summed E-state index contributed by atoms with van der Waals surface area (Å²) in [5.74, 6) is 2.82. The summed E-state index contributed by atoms with van der Waals surface area (Å²) in [6.07, 6.45) is 7.88. The summed E-state index contributed by atoms with van der Waals surface area (Å²) < 4.78 is 7.85. The molecule has 0 aromatic carbocycles. The smallest absolute Gasteiger partial charge is 0.227 e. The first-order chi connectivity index (χ1) is 11.8. The highest BCUT2D eigenvalue weighted by Crippen LogP contribution is 2.36. The van der Waals surface area contributed by atoms with Crippen LogP contribution in [0.5, 0.6) is 0 Å². The van der Waals surface area contributed by atoms with Crippen LogP contribution in [0.2, 0.25) is 0 Å². The summed E-state index contributed by atoms with van der Waals surface area (Å²) in [5.41, 5.74) is 2.48. The largest absolute Gasteiger partial charge is 0.378 e. The lowest BCUT2D eigenvalue weighted by atomic mass is 9.85. The quantitative estimate of drug-likeness (QED) is 0.877. The fourth-order valence-electron chi connectivity index (χ4n) is 3.54. The number of H-pyrrole nitrogens is 1. The van der Waals surface area contributed by atoms with E-state index in [4.69, 9.17) is 4.74 Å². The maximum atomic E-state index is 5.48. The lowest BCUT2D eigenvalue weighted by Crippen LogP contribution is -2.38. The minimum Gasteiger partial charge on any atom is -0.378 e. The van der Waals surface area contributed by atoms with E-state index < -0.39 is 0 Å². The number of aromatic nitrogens is 5. The minimum absolute atomic E-state index is 0.600. The standard InChI is InChI=1S/C17H26N6O/c1-13-15(12-18-19-13)6-3-7-23-16(14-4-2-5-14)20-21-17(23)22-8-10-24-11-9-22/h12,14H,2-11H2,1H3,(H,18,19). The first-order valence-corrected chi connectivity index (χ1v) is 9.07. The van der Waals surface area contributed by atoms with Crippen LogP contribution in [0.3, 0.4) is 0 Å². The highest BCUT2D eigenvalue weighted by Gasteiger charge is 2.28. The molecule has 2 aromatic rings. The average Bonchev–Trinajstić information content (AvgIpc) is 3.14. The Labute approximate surface area is 142 Å². The number of ether oxygens (including phenoxy) is 1. The van der Waals surface area contributed by atoms with E-state index in [-0.39, 0.29) is 0 Å². The molecule has 7 nitrogen and oxygen atoms in total. The van der Waals surface area contributed by atoms with E-state index in [2.05, 4.69) is 36.8 Å². The van der Waals surface area contributed by atoms with Crippen LogP contribution in [0.15, 0.2) is 6.20 Å². The molecule has 3 heterocycles. The van der Waals surface area contributed by atoms with Crippen molar-refractivity contribution in [1.29, 1.82) is 0 Å². The van der Waals surface area contributed by atoms with Crippen molar-refractivity contribution in [1.82, 2.24) is 25.0 Å². The summed E-state index contributed by atoms with van der Waals surface area (Å²) >= 11 is 0. The normalized spacial score (nSPS) is 18.8. The second kappa shape index (κ2) is 6.93. The number of anilines is 1. The van der Waals surface area contributed by atoms with Crippen LogP contribution >= 0.6 is 0 Å². The molecule has 0 amide bonds. The van der Waals surface area contributed by atoms with Gasteiger partial charge in [0.25, 0.3) is 0 Å². The van der Waals surface area contributed by atoms with Crippen molar-refractivity contribution in [2.75, 3.05) is 31.2 Å². The van der Waals surface area contributed by atoms with Crippen molar-refractivity contribution < 1.29 is 4.74 Å². The fraction of sp³-hybridized carbons (Fsp3) is 0.706. The molecule has 24 heavy (non-hydrogen) atoms. The van der Waals surface area contributed by atoms with Crippen molar-refractivity contribution in [3.63, 3.8) is 0 Å². The molecule has 0 unspecified atom stereocenters. The lowest BCUT2D eigenvalue weighted by molar-refractivity contribution is 0.121. The third-order valence-electron chi connectivity index (χ3n) is 5.29. The van der Waals surface area contributed by atoms with E-state index in [9.17, 15) is 0 Å². The van der Waals surface area contributed by atoms with Crippen molar-refractivity contribution in [2.45, 2.75) is 51.5 Å². The van der Waals surface area contributed by atoms with Crippen molar-refractivity contribution in [3.05, 3.63) is 23.3 Å². The number of rotatable bonds is 6. The van der Waals surface area contributed by atoms with Gasteiger partial charge in [0.05, 0.1) is 19.4 Å². The van der Waals surface area contributed by atoms with Gasteiger partial charge in [0, 0.05) is 31.2 Å². The van der Waals surface area contributed by atoms with Gasteiger partial charge in [0.1, 0.15) is 5.82 Å². The van der Waals surface area contributed by atoms with Crippen LogP contribution in [0.4, 0.5) is 5.95 Å². The minimum atomic E-state index is 0.600. The highest BCUT2D eigenvalue weighted by atomic mass is 16.5. The number of hydrogen-bond donors (Lipinski definition) is 1. The number of nitrogens with zero attached hydrogens (tertiary/aromatic N) is 5. The molecule has 0 radical (unpaired) electrons. The molecule has 1 aliphatic heterocycles. The monoisotopic (exact) mass is 330 g/mol. The zero-order chi connectivity index (χ0) is 16.4. The first kappa shape index (κ1) is 15.6. The number of hydrogen-bond acceptors (Lipinski definition) is 5. The van der Waals surface area contributed by atoms with E-state index in [0.717, 1.165) is 51.6 Å². The van der Waals surface area contributed by atoms with E-state index in [1.165, 1.54) is 36.3 Å². The Kier molecular flexibility index (Phi) is 4.51. The van der Waals surface area contributed by atoms with Crippen molar-refractivity contribution >= 4 is 5.95 Å². The Morgan fingerprint density at radius 2 is 2.08 bits per heavy atom. The summed E-state index contributed by atoms with van der Waals surface area (Å²) in [7, 11) is 0. The van der Waals surface area contributed by atoms with Gasteiger partial charge in [-0.15, -0.1) is 10.2 Å². The second-order valence-electron chi connectivity index (χ2n) is 6.86. The van der Waals surface area contributed by atoms with Gasteiger partial charge < -0.3 is 9.64 Å². The fourth-order valence-corrected chi connectivity index (χ4v) is 3.54. The molecule has 7 heteroatoms. The van der Waals surface area contributed by atoms with Gasteiger partial charge in [-0.2, -0.15) is 5.10 Å². The summed E-state index contributed by atoms with van der Waals surface area (Å²) in [6, 6.07) is 0. The Morgan fingerprint density at radius 3 is 2.75 bits per heavy atom. The Balaban J connectivity index is 1.49. The van der Waals surface area contributed by atoms with Gasteiger partial charge in [0.15, 0.2) is 0 Å². The Hall–Kier alpha value is -1.89. The topological polar surface area (TPSA) is 71.9 Å². The van der Waals surface area contributed by atoms with Crippen LogP contribution in [0, 0.1) is 6.92 Å². The molecule has 1 saturated carbocycles. The SMILES string of the molecule is Cc1[nH]ncc1CCCn1c(C2CCC2)nnc1N1CCOCC1. The van der Waals surface area contributed by atoms with E-state index in [0.29, 0.717) is 5.92 Å². The van der Waals surface area contributed by atoms with Crippen molar-refractivity contribution in [3.8, 4) is 0 Å². The molecule has 0 atom stereocenters. The highest BCUT2D eigenvalue weighted by molar-refractivity contribution is 5.32. The molecule has 0 spiro atoms. The summed E-state index contributed by atoms with van der Waals surface area (Å²) in [6.45, 7) is 6.42. The third-order valence-corrected chi connectivity index (χ3v) is 5.29.